The number of aromatic nitrogens is 2. The van der Waals surface area contributed by atoms with Crippen LogP contribution >= 0.6 is 0 Å². The van der Waals surface area contributed by atoms with Crippen molar-refractivity contribution in [3.05, 3.63) is 30.0 Å². The van der Waals surface area contributed by atoms with E-state index in [9.17, 15) is 4.79 Å². The van der Waals surface area contributed by atoms with Gasteiger partial charge in [0, 0.05) is 5.56 Å². The summed E-state index contributed by atoms with van der Waals surface area (Å²) in [4.78, 5) is 19.5. The maximum absolute atomic E-state index is 11.3. The van der Waals surface area contributed by atoms with Crippen molar-refractivity contribution in [3.8, 4) is 0 Å². The molecular formula is C10H10N4O. The third-order valence-corrected chi connectivity index (χ3v) is 2.07. The number of benzene rings is 1. The molecule has 0 radical (unpaired) electrons. The molecule has 5 heteroatoms. The molecule has 0 aliphatic heterocycles. The summed E-state index contributed by atoms with van der Waals surface area (Å²) in [6.45, 7) is -0.00604. The lowest BCUT2D eigenvalue weighted by atomic mass is 10.1. The third-order valence-electron chi connectivity index (χ3n) is 2.07. The van der Waals surface area contributed by atoms with Gasteiger partial charge in [-0.1, -0.05) is 0 Å². The van der Waals surface area contributed by atoms with Gasteiger partial charge in [0.1, 0.15) is 5.82 Å². The Balaban J connectivity index is 2.57. The zero-order valence-electron chi connectivity index (χ0n) is 7.97. The molecule has 0 amide bonds. The fourth-order valence-electron chi connectivity index (χ4n) is 1.32. The van der Waals surface area contributed by atoms with Gasteiger partial charge in [0.2, 0.25) is 0 Å². The second kappa shape index (κ2) is 3.62. The molecule has 0 saturated carbocycles. The molecule has 5 nitrogen and oxygen atoms in total. The van der Waals surface area contributed by atoms with Crippen LogP contribution in [0.5, 0.6) is 0 Å². The van der Waals surface area contributed by atoms with Gasteiger partial charge in [-0.25, -0.2) is 4.98 Å². The van der Waals surface area contributed by atoms with E-state index in [1.165, 1.54) is 6.20 Å². The Morgan fingerprint density at radius 1 is 1.33 bits per heavy atom. The summed E-state index contributed by atoms with van der Waals surface area (Å²) in [5, 5.41) is 0. The van der Waals surface area contributed by atoms with Crippen LogP contribution in [0.15, 0.2) is 24.4 Å². The molecule has 76 valence electrons. The van der Waals surface area contributed by atoms with Crippen LogP contribution in [-0.2, 0) is 0 Å². The molecule has 0 bridgehead atoms. The Bertz CT molecular complexity index is 524. The molecule has 1 aromatic carbocycles. The second-order valence-corrected chi connectivity index (χ2v) is 3.13. The van der Waals surface area contributed by atoms with E-state index in [-0.39, 0.29) is 12.3 Å². The van der Waals surface area contributed by atoms with E-state index in [1.54, 1.807) is 18.2 Å². The number of Topliss-reactive ketones (excluding diaryl/α,β-unsaturated/α-hetero) is 1. The number of ketones is 1. The van der Waals surface area contributed by atoms with E-state index in [0.717, 1.165) is 0 Å². The van der Waals surface area contributed by atoms with E-state index in [2.05, 4.69) is 9.97 Å². The van der Waals surface area contributed by atoms with E-state index >= 15 is 0 Å². The van der Waals surface area contributed by atoms with Crippen LogP contribution in [0.25, 0.3) is 11.0 Å². The number of nitrogens with zero attached hydrogens (tertiary/aromatic N) is 2. The molecule has 0 atom stereocenters. The van der Waals surface area contributed by atoms with Crippen molar-refractivity contribution in [1.29, 1.82) is 0 Å². The molecule has 0 aliphatic carbocycles. The van der Waals surface area contributed by atoms with Crippen LogP contribution in [0.3, 0.4) is 0 Å². The van der Waals surface area contributed by atoms with Gasteiger partial charge in [0.25, 0.3) is 0 Å². The number of hydrogen-bond acceptors (Lipinski definition) is 5. The summed E-state index contributed by atoms with van der Waals surface area (Å²) < 4.78 is 0. The SMILES string of the molecule is NCC(=O)c1ccc2nc(N)cnc2c1. The highest BCUT2D eigenvalue weighted by molar-refractivity contribution is 6.00. The van der Waals surface area contributed by atoms with E-state index in [0.29, 0.717) is 22.4 Å². The van der Waals surface area contributed by atoms with E-state index < -0.39 is 0 Å². The molecule has 0 saturated heterocycles. The second-order valence-electron chi connectivity index (χ2n) is 3.13. The van der Waals surface area contributed by atoms with Gasteiger partial charge in [0.05, 0.1) is 23.8 Å². The fourth-order valence-corrected chi connectivity index (χ4v) is 1.32. The van der Waals surface area contributed by atoms with Crippen LogP contribution in [0.4, 0.5) is 5.82 Å². The van der Waals surface area contributed by atoms with Crippen molar-refractivity contribution >= 4 is 22.6 Å². The van der Waals surface area contributed by atoms with Gasteiger partial charge in [-0.3, -0.25) is 9.78 Å². The summed E-state index contributed by atoms with van der Waals surface area (Å²) in [7, 11) is 0. The monoisotopic (exact) mass is 202 g/mol. The first-order valence-electron chi connectivity index (χ1n) is 4.46. The van der Waals surface area contributed by atoms with E-state index in [4.69, 9.17) is 11.5 Å². The van der Waals surface area contributed by atoms with Crippen LogP contribution in [0.1, 0.15) is 10.4 Å². The highest BCUT2D eigenvalue weighted by Gasteiger charge is 2.05. The minimum Gasteiger partial charge on any atom is -0.382 e. The maximum atomic E-state index is 11.3. The highest BCUT2D eigenvalue weighted by atomic mass is 16.1. The lowest BCUT2D eigenvalue weighted by Crippen LogP contribution is -2.13. The standard InChI is InChI=1S/C10H10N4O/c11-4-9(15)6-1-2-7-8(3-6)13-5-10(12)14-7/h1-3,5H,4,11H2,(H2,12,14). The summed E-state index contributed by atoms with van der Waals surface area (Å²) in [5.41, 5.74) is 12.6. The fraction of sp³-hybridized carbons (Fsp3) is 0.100. The molecule has 2 rings (SSSR count). The Kier molecular flexibility index (Phi) is 2.31. The third kappa shape index (κ3) is 1.77. The normalized spacial score (nSPS) is 10.5. The minimum absolute atomic E-state index is 0.00604. The van der Waals surface area contributed by atoms with Crippen molar-refractivity contribution in [2.75, 3.05) is 12.3 Å². The summed E-state index contributed by atoms with van der Waals surface area (Å²) in [5.74, 6) is 0.246. The molecule has 0 unspecified atom stereocenters. The smallest absolute Gasteiger partial charge is 0.176 e. The molecular weight excluding hydrogens is 192 g/mol. The number of rotatable bonds is 2. The Morgan fingerprint density at radius 2 is 2.13 bits per heavy atom. The van der Waals surface area contributed by atoms with Gasteiger partial charge in [-0.15, -0.1) is 0 Å². The molecule has 0 aliphatic rings. The van der Waals surface area contributed by atoms with Gasteiger partial charge < -0.3 is 11.5 Å². The van der Waals surface area contributed by atoms with Crippen LogP contribution < -0.4 is 11.5 Å². The van der Waals surface area contributed by atoms with Gasteiger partial charge in [-0.2, -0.15) is 0 Å². The molecule has 0 fully saturated rings. The highest BCUT2D eigenvalue weighted by Crippen LogP contribution is 2.13. The first kappa shape index (κ1) is 9.54. The van der Waals surface area contributed by atoms with Gasteiger partial charge in [0.15, 0.2) is 5.78 Å². The lowest BCUT2D eigenvalue weighted by Gasteiger charge is -2.00. The zero-order valence-corrected chi connectivity index (χ0v) is 7.97. The molecule has 4 N–H and O–H groups in total. The molecule has 0 spiro atoms. The Morgan fingerprint density at radius 3 is 2.87 bits per heavy atom. The Labute approximate surface area is 86.1 Å². The van der Waals surface area contributed by atoms with Crippen molar-refractivity contribution in [2.45, 2.75) is 0 Å². The van der Waals surface area contributed by atoms with Crippen molar-refractivity contribution < 1.29 is 4.79 Å². The topological polar surface area (TPSA) is 94.9 Å². The quantitative estimate of drug-likeness (QED) is 0.685. The first-order chi connectivity index (χ1) is 7.20. The molecule has 1 aromatic heterocycles. The summed E-state index contributed by atoms with van der Waals surface area (Å²) >= 11 is 0. The number of fused-ring (bicyclic) bond motifs is 1. The molecule has 2 aromatic rings. The van der Waals surface area contributed by atoms with Crippen LogP contribution in [0, 0.1) is 0 Å². The average Bonchev–Trinajstić information content (AvgIpc) is 2.27. The maximum Gasteiger partial charge on any atom is 0.176 e. The number of carbonyl (C=O) groups excluding carboxylic acids is 1. The minimum atomic E-state index is -0.115. The summed E-state index contributed by atoms with van der Waals surface area (Å²) in [6, 6.07) is 5.05. The molecule has 1 heterocycles. The average molecular weight is 202 g/mol. The van der Waals surface area contributed by atoms with Crippen molar-refractivity contribution in [1.82, 2.24) is 9.97 Å². The predicted octanol–water partition coefficient (Wildman–Crippen LogP) is 0.353. The zero-order chi connectivity index (χ0) is 10.8. The van der Waals surface area contributed by atoms with Gasteiger partial charge in [-0.05, 0) is 18.2 Å². The van der Waals surface area contributed by atoms with Crippen molar-refractivity contribution in [3.63, 3.8) is 0 Å². The summed E-state index contributed by atoms with van der Waals surface area (Å²) in [6.07, 6.45) is 1.46. The van der Waals surface area contributed by atoms with Crippen molar-refractivity contribution in [2.24, 2.45) is 5.73 Å². The molecule has 15 heavy (non-hydrogen) atoms. The Hall–Kier alpha value is -2.01. The number of anilines is 1. The number of carbonyl (C=O) groups is 1. The van der Waals surface area contributed by atoms with E-state index in [1.807, 2.05) is 0 Å². The predicted molar refractivity (Wildman–Crippen MR) is 57.3 cm³/mol. The number of hydrogen-bond donors (Lipinski definition) is 2. The van der Waals surface area contributed by atoms with Crippen LogP contribution in [-0.4, -0.2) is 22.3 Å². The first-order valence-corrected chi connectivity index (χ1v) is 4.46. The van der Waals surface area contributed by atoms with Gasteiger partial charge >= 0.3 is 0 Å². The number of nitrogen functional groups attached to an aromatic ring is 1. The number of nitrogens with two attached hydrogens (primary N) is 2. The lowest BCUT2D eigenvalue weighted by molar-refractivity contribution is 0.100. The van der Waals surface area contributed by atoms with Crippen LogP contribution in [0.2, 0.25) is 0 Å². The largest absolute Gasteiger partial charge is 0.382 e.